The van der Waals surface area contributed by atoms with Gasteiger partial charge in [0.1, 0.15) is 0 Å². The minimum absolute atomic E-state index is 0.333. The molecule has 2 aromatic heterocycles. The second-order valence-corrected chi connectivity index (χ2v) is 4.43. The molecule has 2 rings (SSSR count). The van der Waals surface area contributed by atoms with Crippen LogP contribution in [0.15, 0.2) is 30.0 Å². The van der Waals surface area contributed by atoms with E-state index in [1.165, 1.54) is 6.20 Å². The van der Waals surface area contributed by atoms with Gasteiger partial charge in [0.2, 0.25) is 0 Å². The quantitative estimate of drug-likeness (QED) is 0.779. The predicted molar refractivity (Wildman–Crippen MR) is 65.1 cm³/mol. The van der Waals surface area contributed by atoms with Gasteiger partial charge in [0.15, 0.2) is 0 Å². The zero-order chi connectivity index (χ0) is 12.1. The van der Waals surface area contributed by atoms with Gasteiger partial charge in [-0.1, -0.05) is 0 Å². The lowest BCUT2D eigenvalue weighted by atomic mass is 10.3. The number of pyridine rings is 1. The van der Waals surface area contributed by atoms with E-state index in [4.69, 9.17) is 4.74 Å². The van der Waals surface area contributed by atoms with Crippen molar-refractivity contribution in [3.63, 3.8) is 0 Å². The van der Waals surface area contributed by atoms with Crippen LogP contribution in [0.25, 0.3) is 0 Å². The zero-order valence-electron chi connectivity index (χ0n) is 9.42. The van der Waals surface area contributed by atoms with E-state index in [2.05, 4.69) is 9.97 Å². The SMILES string of the molecule is Cc1ncsc1CCOC(=O)c1cccnc1. The first kappa shape index (κ1) is 11.7. The van der Waals surface area contributed by atoms with Gasteiger partial charge in [0, 0.05) is 23.7 Å². The number of carbonyl (C=O) groups excluding carboxylic acids is 1. The molecule has 17 heavy (non-hydrogen) atoms. The summed E-state index contributed by atoms with van der Waals surface area (Å²) in [6, 6.07) is 3.40. The van der Waals surface area contributed by atoms with Crippen molar-refractivity contribution >= 4 is 17.3 Å². The first-order valence-corrected chi connectivity index (χ1v) is 6.11. The van der Waals surface area contributed by atoms with Crippen LogP contribution in [0.2, 0.25) is 0 Å². The van der Waals surface area contributed by atoms with E-state index in [1.54, 1.807) is 35.2 Å². The highest BCUT2D eigenvalue weighted by Crippen LogP contribution is 2.12. The number of hydrogen-bond acceptors (Lipinski definition) is 5. The summed E-state index contributed by atoms with van der Waals surface area (Å²) in [7, 11) is 0. The molecule has 2 aromatic rings. The standard InChI is InChI=1S/C12H12N2O2S/c1-9-11(17-8-14-9)4-6-16-12(15)10-3-2-5-13-7-10/h2-3,5,7-8H,4,6H2,1H3. The Morgan fingerprint density at radius 2 is 2.41 bits per heavy atom. The average molecular weight is 248 g/mol. The van der Waals surface area contributed by atoms with Crippen molar-refractivity contribution < 1.29 is 9.53 Å². The summed E-state index contributed by atoms with van der Waals surface area (Å²) < 4.78 is 5.16. The molecule has 0 saturated heterocycles. The van der Waals surface area contributed by atoms with Crippen LogP contribution in [0, 0.1) is 6.92 Å². The molecular formula is C12H12N2O2S. The van der Waals surface area contributed by atoms with E-state index in [1.807, 2.05) is 6.92 Å². The van der Waals surface area contributed by atoms with E-state index in [-0.39, 0.29) is 5.97 Å². The van der Waals surface area contributed by atoms with Crippen molar-refractivity contribution in [1.29, 1.82) is 0 Å². The smallest absolute Gasteiger partial charge is 0.339 e. The van der Waals surface area contributed by atoms with Crippen molar-refractivity contribution in [1.82, 2.24) is 9.97 Å². The van der Waals surface area contributed by atoms with Crippen molar-refractivity contribution in [2.45, 2.75) is 13.3 Å². The summed E-state index contributed by atoms with van der Waals surface area (Å²) in [4.78, 5) is 20.7. The van der Waals surface area contributed by atoms with Gasteiger partial charge in [-0.3, -0.25) is 4.98 Å². The molecular weight excluding hydrogens is 236 g/mol. The lowest BCUT2D eigenvalue weighted by Crippen LogP contribution is -2.08. The van der Waals surface area contributed by atoms with Crippen molar-refractivity contribution in [2.75, 3.05) is 6.61 Å². The van der Waals surface area contributed by atoms with Gasteiger partial charge in [-0.15, -0.1) is 11.3 Å². The maximum absolute atomic E-state index is 11.6. The Hall–Kier alpha value is -1.75. The maximum Gasteiger partial charge on any atom is 0.339 e. The molecule has 0 aliphatic carbocycles. The number of aryl methyl sites for hydroxylation is 1. The molecule has 4 nitrogen and oxygen atoms in total. The second kappa shape index (κ2) is 5.54. The third-order valence-electron chi connectivity index (χ3n) is 2.30. The number of esters is 1. The van der Waals surface area contributed by atoms with Crippen LogP contribution in [-0.4, -0.2) is 22.5 Å². The number of nitrogens with zero attached hydrogens (tertiary/aromatic N) is 2. The molecule has 0 spiro atoms. The van der Waals surface area contributed by atoms with E-state index in [0.717, 1.165) is 10.6 Å². The molecule has 0 saturated carbocycles. The van der Waals surface area contributed by atoms with Gasteiger partial charge in [0.25, 0.3) is 0 Å². The summed E-state index contributed by atoms with van der Waals surface area (Å²) in [5.41, 5.74) is 3.29. The number of thiazole rings is 1. The van der Waals surface area contributed by atoms with Gasteiger partial charge in [-0.25, -0.2) is 9.78 Å². The Morgan fingerprint density at radius 1 is 1.53 bits per heavy atom. The van der Waals surface area contributed by atoms with Crippen LogP contribution in [0.3, 0.4) is 0 Å². The molecule has 0 bridgehead atoms. The Morgan fingerprint density at radius 3 is 3.06 bits per heavy atom. The molecule has 0 fully saturated rings. The lowest BCUT2D eigenvalue weighted by molar-refractivity contribution is 0.0509. The molecule has 0 amide bonds. The Bertz CT molecular complexity index is 496. The van der Waals surface area contributed by atoms with Crippen molar-refractivity contribution in [3.8, 4) is 0 Å². The van der Waals surface area contributed by atoms with Crippen molar-refractivity contribution in [3.05, 3.63) is 46.2 Å². The molecule has 5 heteroatoms. The first-order valence-electron chi connectivity index (χ1n) is 5.23. The van der Waals surface area contributed by atoms with Crippen LogP contribution in [0.5, 0.6) is 0 Å². The highest BCUT2D eigenvalue weighted by atomic mass is 32.1. The lowest BCUT2D eigenvalue weighted by Gasteiger charge is -2.03. The zero-order valence-corrected chi connectivity index (χ0v) is 10.2. The van der Waals surface area contributed by atoms with Crippen LogP contribution < -0.4 is 0 Å². The van der Waals surface area contributed by atoms with E-state index >= 15 is 0 Å². The molecule has 0 aliphatic heterocycles. The summed E-state index contributed by atoms with van der Waals surface area (Å²) in [5.74, 6) is -0.333. The molecule has 2 heterocycles. The maximum atomic E-state index is 11.6. The number of ether oxygens (including phenoxy) is 1. The third-order valence-corrected chi connectivity index (χ3v) is 3.30. The minimum Gasteiger partial charge on any atom is -0.462 e. The van der Waals surface area contributed by atoms with Crippen LogP contribution in [0.1, 0.15) is 20.9 Å². The fraction of sp³-hybridized carbons (Fsp3) is 0.250. The van der Waals surface area contributed by atoms with Gasteiger partial charge in [-0.05, 0) is 19.1 Å². The summed E-state index contributed by atoms with van der Waals surface area (Å²) in [5, 5.41) is 0. The highest BCUT2D eigenvalue weighted by molar-refractivity contribution is 7.09. The number of aromatic nitrogens is 2. The van der Waals surface area contributed by atoms with E-state index in [0.29, 0.717) is 18.6 Å². The fourth-order valence-corrected chi connectivity index (χ4v) is 2.13. The summed E-state index contributed by atoms with van der Waals surface area (Å²) in [6.07, 6.45) is 3.83. The number of rotatable bonds is 4. The van der Waals surface area contributed by atoms with Gasteiger partial charge < -0.3 is 4.74 Å². The Kier molecular flexibility index (Phi) is 3.82. The predicted octanol–water partition coefficient (Wildman–Crippen LogP) is 2.25. The van der Waals surface area contributed by atoms with Gasteiger partial charge in [-0.2, -0.15) is 0 Å². The largest absolute Gasteiger partial charge is 0.462 e. The Balaban J connectivity index is 1.84. The molecule has 0 aliphatic rings. The number of carbonyl (C=O) groups is 1. The summed E-state index contributed by atoms with van der Waals surface area (Å²) in [6.45, 7) is 2.32. The van der Waals surface area contributed by atoms with Crippen LogP contribution >= 0.6 is 11.3 Å². The van der Waals surface area contributed by atoms with E-state index < -0.39 is 0 Å². The van der Waals surface area contributed by atoms with Gasteiger partial charge in [0.05, 0.1) is 23.4 Å². The molecule has 0 unspecified atom stereocenters. The van der Waals surface area contributed by atoms with Crippen LogP contribution in [-0.2, 0) is 11.2 Å². The Labute approximate surface area is 103 Å². The topological polar surface area (TPSA) is 52.1 Å². The monoisotopic (exact) mass is 248 g/mol. The second-order valence-electron chi connectivity index (χ2n) is 3.49. The molecule has 0 aromatic carbocycles. The van der Waals surface area contributed by atoms with Gasteiger partial charge >= 0.3 is 5.97 Å². The van der Waals surface area contributed by atoms with Crippen LogP contribution in [0.4, 0.5) is 0 Å². The molecule has 0 radical (unpaired) electrons. The fourth-order valence-electron chi connectivity index (χ4n) is 1.37. The molecule has 0 N–H and O–H groups in total. The first-order chi connectivity index (χ1) is 8.27. The normalized spacial score (nSPS) is 10.2. The summed E-state index contributed by atoms with van der Waals surface area (Å²) >= 11 is 1.58. The molecule has 88 valence electrons. The van der Waals surface area contributed by atoms with E-state index in [9.17, 15) is 4.79 Å². The average Bonchev–Trinajstić information content (AvgIpc) is 2.76. The number of hydrogen-bond donors (Lipinski definition) is 0. The van der Waals surface area contributed by atoms with Crippen molar-refractivity contribution in [2.24, 2.45) is 0 Å². The third kappa shape index (κ3) is 3.10. The molecule has 0 atom stereocenters. The highest BCUT2D eigenvalue weighted by Gasteiger charge is 2.07. The minimum atomic E-state index is -0.333.